The number of benzene rings is 2. The molecule has 0 heterocycles. The quantitative estimate of drug-likeness (QED) is 0.747. The van der Waals surface area contributed by atoms with Gasteiger partial charge < -0.3 is 14.8 Å². The lowest BCUT2D eigenvalue weighted by atomic mass is 9.42. The number of rotatable bonds is 6. The second kappa shape index (κ2) is 7.33. The van der Waals surface area contributed by atoms with E-state index in [1.54, 1.807) is 14.2 Å². The van der Waals surface area contributed by atoms with Crippen LogP contribution in [0.25, 0.3) is 0 Å². The Bertz CT molecular complexity index is 925. The number of carbonyl (C=O) groups excluding carboxylic acids is 1. The molecule has 4 atom stereocenters. The molecule has 2 unspecified atom stereocenters. The van der Waals surface area contributed by atoms with Crippen LogP contribution in [-0.4, -0.2) is 20.1 Å². The summed E-state index contributed by atoms with van der Waals surface area (Å²) in [5, 5.41) is 3.28. The summed E-state index contributed by atoms with van der Waals surface area (Å²) in [5.41, 5.74) is 2.45. The Hall–Kier alpha value is -2.49. The molecule has 4 nitrogen and oxygen atoms in total. The Morgan fingerprint density at radius 1 is 0.967 bits per heavy atom. The smallest absolute Gasteiger partial charge is 0.226 e. The summed E-state index contributed by atoms with van der Waals surface area (Å²) in [6.07, 6.45) is 6.90. The lowest BCUT2D eigenvalue weighted by molar-refractivity contribution is -0.149. The molecule has 4 bridgehead atoms. The number of hydrogen-bond acceptors (Lipinski definition) is 3. The molecular weight excluding hydrogens is 374 g/mol. The van der Waals surface area contributed by atoms with Gasteiger partial charge in [0.1, 0.15) is 0 Å². The summed E-state index contributed by atoms with van der Waals surface area (Å²) in [6, 6.07) is 16.8. The fourth-order valence-corrected chi connectivity index (χ4v) is 7.02. The standard InChI is InChI=1S/C26H31NO3/c1-29-22-9-8-18(11-23(22)30-2)16-27-24(28)26-14-19-10-20(15-26)13-25(12-19,17-26)21-6-4-3-5-7-21/h3-9,11,19-20H,10,12-17H2,1-2H3,(H,27,28)/t19-,20+,25?,26?. The minimum atomic E-state index is -0.212. The van der Waals surface area contributed by atoms with Gasteiger partial charge in [0, 0.05) is 6.54 Å². The molecule has 4 fully saturated rings. The van der Waals surface area contributed by atoms with E-state index < -0.39 is 0 Å². The molecule has 1 amide bonds. The number of carbonyl (C=O) groups is 1. The number of methoxy groups -OCH3 is 2. The zero-order chi connectivity index (χ0) is 20.8. The van der Waals surface area contributed by atoms with E-state index in [1.165, 1.54) is 24.8 Å². The Kier molecular flexibility index (Phi) is 4.76. The summed E-state index contributed by atoms with van der Waals surface area (Å²) >= 11 is 0. The van der Waals surface area contributed by atoms with Crippen molar-refractivity contribution in [1.82, 2.24) is 5.32 Å². The van der Waals surface area contributed by atoms with Crippen LogP contribution in [0.15, 0.2) is 48.5 Å². The van der Waals surface area contributed by atoms with Crippen LogP contribution >= 0.6 is 0 Å². The van der Waals surface area contributed by atoms with E-state index in [1.807, 2.05) is 18.2 Å². The van der Waals surface area contributed by atoms with Crippen molar-refractivity contribution in [1.29, 1.82) is 0 Å². The number of ether oxygens (including phenoxy) is 2. The third-order valence-electron chi connectivity index (χ3n) is 7.83. The second-order valence-corrected chi connectivity index (χ2v) is 9.76. The normalized spacial score (nSPS) is 31.4. The maximum Gasteiger partial charge on any atom is 0.226 e. The summed E-state index contributed by atoms with van der Waals surface area (Å²) < 4.78 is 10.7. The van der Waals surface area contributed by atoms with Gasteiger partial charge >= 0.3 is 0 Å². The van der Waals surface area contributed by atoms with Crippen molar-refractivity contribution < 1.29 is 14.3 Å². The largest absolute Gasteiger partial charge is 0.493 e. The molecule has 6 rings (SSSR count). The van der Waals surface area contributed by atoms with Crippen LogP contribution in [-0.2, 0) is 16.8 Å². The maximum absolute atomic E-state index is 13.6. The van der Waals surface area contributed by atoms with Gasteiger partial charge in [-0.25, -0.2) is 0 Å². The molecule has 2 aromatic carbocycles. The van der Waals surface area contributed by atoms with Crippen molar-refractivity contribution in [3.63, 3.8) is 0 Å². The Labute approximate surface area is 179 Å². The average Bonchev–Trinajstić information content (AvgIpc) is 2.77. The van der Waals surface area contributed by atoms with Crippen molar-refractivity contribution >= 4 is 5.91 Å². The average molecular weight is 406 g/mol. The van der Waals surface area contributed by atoms with Crippen LogP contribution in [0.3, 0.4) is 0 Å². The zero-order valence-corrected chi connectivity index (χ0v) is 17.9. The Morgan fingerprint density at radius 2 is 1.67 bits per heavy atom. The van der Waals surface area contributed by atoms with Gasteiger partial charge in [-0.1, -0.05) is 36.4 Å². The number of amides is 1. The molecule has 2 aromatic rings. The van der Waals surface area contributed by atoms with Crippen molar-refractivity contribution in [3.8, 4) is 11.5 Å². The summed E-state index contributed by atoms with van der Waals surface area (Å²) in [7, 11) is 3.27. The van der Waals surface area contributed by atoms with Crippen LogP contribution in [0.1, 0.15) is 49.7 Å². The highest BCUT2D eigenvalue weighted by molar-refractivity contribution is 5.83. The van der Waals surface area contributed by atoms with Crippen molar-refractivity contribution in [3.05, 3.63) is 59.7 Å². The number of nitrogens with one attached hydrogen (secondary N) is 1. The van der Waals surface area contributed by atoms with Crippen molar-refractivity contribution in [2.24, 2.45) is 17.3 Å². The first kappa shape index (κ1) is 19.5. The van der Waals surface area contributed by atoms with Crippen LogP contribution in [0.4, 0.5) is 0 Å². The molecule has 0 aliphatic heterocycles. The van der Waals surface area contributed by atoms with Crippen molar-refractivity contribution in [2.75, 3.05) is 14.2 Å². The Balaban J connectivity index is 1.36. The highest BCUT2D eigenvalue weighted by Crippen LogP contribution is 2.65. The molecule has 4 aliphatic carbocycles. The summed E-state index contributed by atoms with van der Waals surface area (Å²) in [4.78, 5) is 13.6. The highest BCUT2D eigenvalue weighted by atomic mass is 16.5. The molecule has 158 valence electrons. The monoisotopic (exact) mass is 405 g/mol. The SMILES string of the molecule is COc1ccc(CNC(=O)C23C[C@H]4C[C@@H](C2)CC(c2ccccc2)(C4)C3)cc1OC. The van der Waals surface area contributed by atoms with Crippen molar-refractivity contribution in [2.45, 2.75) is 50.5 Å². The predicted molar refractivity (Wildman–Crippen MR) is 117 cm³/mol. The molecule has 4 saturated carbocycles. The topological polar surface area (TPSA) is 47.6 Å². The fraction of sp³-hybridized carbons (Fsp3) is 0.500. The van der Waals surface area contributed by atoms with Gasteiger partial charge in [-0.3, -0.25) is 4.79 Å². The molecule has 1 N–H and O–H groups in total. The minimum absolute atomic E-state index is 0.187. The molecular formula is C26H31NO3. The lowest BCUT2D eigenvalue weighted by Crippen LogP contribution is -2.59. The third-order valence-corrected chi connectivity index (χ3v) is 7.83. The molecule has 4 heteroatoms. The van der Waals surface area contributed by atoms with E-state index >= 15 is 0 Å². The van der Waals surface area contributed by atoms with Gasteiger partial charge in [-0.15, -0.1) is 0 Å². The van der Waals surface area contributed by atoms with Crippen LogP contribution in [0.5, 0.6) is 11.5 Å². The van der Waals surface area contributed by atoms with Gasteiger partial charge in [0.15, 0.2) is 11.5 Å². The predicted octanol–water partition coefficient (Wildman–Crippen LogP) is 4.86. The molecule has 4 aliphatic rings. The fourth-order valence-electron chi connectivity index (χ4n) is 7.02. The maximum atomic E-state index is 13.6. The number of hydrogen-bond donors (Lipinski definition) is 1. The van der Waals surface area contributed by atoms with E-state index in [0.29, 0.717) is 29.9 Å². The van der Waals surface area contributed by atoms with Gasteiger partial charge in [0.05, 0.1) is 19.6 Å². The minimum Gasteiger partial charge on any atom is -0.493 e. The highest BCUT2D eigenvalue weighted by Gasteiger charge is 2.60. The van der Waals surface area contributed by atoms with Crippen LogP contribution < -0.4 is 14.8 Å². The molecule has 30 heavy (non-hydrogen) atoms. The first-order chi connectivity index (χ1) is 14.6. The first-order valence-electron chi connectivity index (χ1n) is 11.1. The van der Waals surface area contributed by atoms with E-state index in [-0.39, 0.29) is 16.7 Å². The second-order valence-electron chi connectivity index (χ2n) is 9.76. The van der Waals surface area contributed by atoms with Crippen LogP contribution in [0, 0.1) is 17.3 Å². The van der Waals surface area contributed by atoms with E-state index in [0.717, 1.165) is 24.8 Å². The van der Waals surface area contributed by atoms with Crippen LogP contribution in [0.2, 0.25) is 0 Å². The molecule has 0 radical (unpaired) electrons. The molecule has 0 spiro atoms. The summed E-state index contributed by atoms with van der Waals surface area (Å²) in [5.74, 6) is 3.00. The van der Waals surface area contributed by atoms with Gasteiger partial charge in [0.2, 0.25) is 5.91 Å². The molecule has 0 aromatic heterocycles. The summed E-state index contributed by atoms with van der Waals surface area (Å²) in [6.45, 7) is 0.522. The first-order valence-corrected chi connectivity index (χ1v) is 11.1. The Morgan fingerprint density at radius 3 is 2.33 bits per heavy atom. The van der Waals surface area contributed by atoms with E-state index in [2.05, 4.69) is 35.6 Å². The van der Waals surface area contributed by atoms with E-state index in [9.17, 15) is 4.79 Å². The molecule has 0 saturated heterocycles. The van der Waals surface area contributed by atoms with Gasteiger partial charge in [0.25, 0.3) is 0 Å². The lowest BCUT2D eigenvalue weighted by Gasteiger charge is -2.61. The van der Waals surface area contributed by atoms with Gasteiger partial charge in [-0.05, 0) is 79.0 Å². The third kappa shape index (κ3) is 3.17. The zero-order valence-electron chi connectivity index (χ0n) is 17.9. The van der Waals surface area contributed by atoms with E-state index in [4.69, 9.17) is 9.47 Å². The van der Waals surface area contributed by atoms with Gasteiger partial charge in [-0.2, -0.15) is 0 Å².